The Morgan fingerprint density at radius 2 is 1.89 bits per heavy atom. The molecule has 0 aliphatic carbocycles. The number of hydrogen-bond acceptors (Lipinski definition) is 5. The molecule has 9 heteroatoms. The molecule has 2 aliphatic rings. The van der Waals surface area contributed by atoms with E-state index in [0.29, 0.717) is 49.9 Å². The van der Waals surface area contributed by atoms with Crippen LogP contribution < -0.4 is 9.46 Å². The maximum absolute atomic E-state index is 13.0. The third kappa shape index (κ3) is 4.80. The average molecular weight is 433 g/mol. The molecule has 2 unspecified atom stereocenters. The fourth-order valence-electron chi connectivity index (χ4n) is 4.05. The van der Waals surface area contributed by atoms with Crippen LogP contribution in [0.5, 0.6) is 5.75 Å². The van der Waals surface area contributed by atoms with Gasteiger partial charge in [-0.25, -0.2) is 4.72 Å². The number of methoxy groups -OCH3 is 1. The van der Waals surface area contributed by atoms with Crippen molar-refractivity contribution >= 4 is 21.8 Å². The molecule has 28 heavy (non-hydrogen) atoms. The maximum Gasteiger partial charge on any atom is 0.279 e. The van der Waals surface area contributed by atoms with E-state index < -0.39 is 15.6 Å². The first-order valence-electron chi connectivity index (χ1n) is 9.58. The Morgan fingerprint density at radius 3 is 2.50 bits per heavy atom. The lowest BCUT2D eigenvalue weighted by molar-refractivity contribution is -0.0444. The van der Waals surface area contributed by atoms with Crippen molar-refractivity contribution in [3.8, 4) is 5.75 Å². The highest BCUT2D eigenvalue weighted by molar-refractivity contribution is 7.87. The second-order valence-corrected chi connectivity index (χ2v) is 9.83. The molecule has 2 fully saturated rings. The van der Waals surface area contributed by atoms with Crippen LogP contribution in [0.25, 0.3) is 0 Å². The Labute approximate surface area is 172 Å². The molecule has 1 aromatic carbocycles. The van der Waals surface area contributed by atoms with Crippen LogP contribution in [-0.2, 0) is 25.1 Å². The lowest BCUT2D eigenvalue weighted by Gasteiger charge is -2.40. The molecular weight excluding hydrogens is 404 g/mol. The van der Waals surface area contributed by atoms with Crippen LogP contribution in [0.4, 0.5) is 0 Å². The summed E-state index contributed by atoms with van der Waals surface area (Å²) in [4.78, 5) is 0. The van der Waals surface area contributed by atoms with Crippen molar-refractivity contribution < 1.29 is 22.6 Å². The first-order chi connectivity index (χ1) is 13.3. The molecule has 2 heterocycles. The summed E-state index contributed by atoms with van der Waals surface area (Å²) in [6.45, 7) is 5.83. The standard InChI is InChI=1S/C19H29ClN2O5S/c1-14-11-22(12-15(2)27-14)28(23,24)21-13-19(6-8-26-9-7-19)17-10-16(20)4-5-18(17)25-3/h4-5,10,14-15,21H,6-9,11-13H2,1-3H3. The van der Waals surface area contributed by atoms with Crippen LogP contribution in [0, 0.1) is 0 Å². The van der Waals surface area contributed by atoms with Gasteiger partial charge in [0.25, 0.3) is 10.2 Å². The van der Waals surface area contributed by atoms with E-state index in [9.17, 15) is 8.42 Å². The lowest BCUT2D eigenvalue weighted by Crippen LogP contribution is -2.54. The van der Waals surface area contributed by atoms with Gasteiger partial charge in [-0.15, -0.1) is 0 Å². The van der Waals surface area contributed by atoms with E-state index in [0.717, 1.165) is 5.56 Å². The van der Waals surface area contributed by atoms with Crippen LogP contribution in [0.2, 0.25) is 5.02 Å². The Balaban J connectivity index is 1.85. The molecule has 2 saturated heterocycles. The lowest BCUT2D eigenvalue weighted by atomic mass is 9.74. The van der Waals surface area contributed by atoms with Gasteiger partial charge < -0.3 is 14.2 Å². The largest absolute Gasteiger partial charge is 0.496 e. The summed E-state index contributed by atoms with van der Waals surface area (Å²) >= 11 is 6.25. The molecule has 0 aromatic heterocycles. The fraction of sp³-hybridized carbons (Fsp3) is 0.684. The number of morpholine rings is 1. The molecule has 1 aromatic rings. The van der Waals surface area contributed by atoms with E-state index in [1.54, 1.807) is 13.2 Å². The van der Waals surface area contributed by atoms with Crippen LogP contribution in [-0.4, -0.2) is 64.9 Å². The topological polar surface area (TPSA) is 77.1 Å². The monoisotopic (exact) mass is 432 g/mol. The van der Waals surface area contributed by atoms with Crippen molar-refractivity contribution in [2.45, 2.75) is 44.3 Å². The minimum Gasteiger partial charge on any atom is -0.496 e. The summed E-state index contributed by atoms with van der Waals surface area (Å²) in [6, 6.07) is 5.48. The van der Waals surface area contributed by atoms with E-state index in [2.05, 4.69) is 4.72 Å². The average Bonchev–Trinajstić information content (AvgIpc) is 2.66. The zero-order chi connectivity index (χ0) is 20.4. The molecule has 7 nitrogen and oxygen atoms in total. The minimum absolute atomic E-state index is 0.134. The van der Waals surface area contributed by atoms with Gasteiger partial charge in [-0.3, -0.25) is 0 Å². The normalized spacial score (nSPS) is 26.1. The fourth-order valence-corrected chi connectivity index (χ4v) is 5.67. The Bertz CT molecular complexity index is 773. The molecule has 158 valence electrons. The highest BCUT2D eigenvalue weighted by Gasteiger charge is 2.39. The quantitative estimate of drug-likeness (QED) is 0.746. The SMILES string of the molecule is COc1ccc(Cl)cc1C1(CNS(=O)(=O)N2CC(C)OC(C)C2)CCOCC1. The van der Waals surface area contributed by atoms with Gasteiger partial charge in [-0.05, 0) is 44.9 Å². The van der Waals surface area contributed by atoms with Crippen LogP contribution in [0.1, 0.15) is 32.3 Å². The van der Waals surface area contributed by atoms with Crippen molar-refractivity contribution in [2.24, 2.45) is 0 Å². The summed E-state index contributed by atoms with van der Waals surface area (Å²) in [5, 5.41) is 0.598. The van der Waals surface area contributed by atoms with Gasteiger partial charge in [0.2, 0.25) is 0 Å². The number of nitrogens with one attached hydrogen (secondary N) is 1. The predicted molar refractivity (Wildman–Crippen MR) is 108 cm³/mol. The first-order valence-corrected chi connectivity index (χ1v) is 11.4. The predicted octanol–water partition coefficient (Wildman–Crippen LogP) is 2.34. The molecule has 0 spiro atoms. The number of rotatable bonds is 6. The molecule has 3 rings (SSSR count). The summed E-state index contributed by atoms with van der Waals surface area (Å²) in [5.41, 5.74) is 0.475. The molecule has 0 bridgehead atoms. The zero-order valence-corrected chi connectivity index (χ0v) is 18.2. The third-order valence-electron chi connectivity index (χ3n) is 5.50. The third-order valence-corrected chi connectivity index (χ3v) is 7.22. The van der Waals surface area contributed by atoms with Crippen molar-refractivity contribution in [3.05, 3.63) is 28.8 Å². The Hall–Kier alpha value is -0.900. The minimum atomic E-state index is -3.64. The highest BCUT2D eigenvalue weighted by Crippen LogP contribution is 2.41. The van der Waals surface area contributed by atoms with Crippen molar-refractivity contribution in [2.75, 3.05) is 40.0 Å². The molecule has 0 radical (unpaired) electrons. The van der Waals surface area contributed by atoms with Gasteiger partial charge in [-0.2, -0.15) is 12.7 Å². The Kier molecular flexibility index (Phi) is 6.89. The van der Waals surface area contributed by atoms with Crippen LogP contribution in [0.3, 0.4) is 0 Å². The number of halogens is 1. The smallest absolute Gasteiger partial charge is 0.279 e. The van der Waals surface area contributed by atoms with Crippen molar-refractivity contribution in [1.82, 2.24) is 9.03 Å². The van der Waals surface area contributed by atoms with Crippen molar-refractivity contribution in [3.63, 3.8) is 0 Å². The maximum atomic E-state index is 13.0. The summed E-state index contributed by atoms with van der Waals surface area (Å²) < 4.78 is 47.0. The molecule has 2 aliphatic heterocycles. The molecule has 0 amide bonds. The summed E-state index contributed by atoms with van der Waals surface area (Å²) in [5.74, 6) is 0.708. The second-order valence-electron chi connectivity index (χ2n) is 7.64. The van der Waals surface area contributed by atoms with Gasteiger partial charge >= 0.3 is 0 Å². The Morgan fingerprint density at radius 1 is 1.25 bits per heavy atom. The second kappa shape index (κ2) is 8.85. The number of hydrogen-bond donors (Lipinski definition) is 1. The first kappa shape index (κ1) is 21.8. The van der Waals surface area contributed by atoms with Gasteiger partial charge in [-0.1, -0.05) is 11.6 Å². The van der Waals surface area contributed by atoms with Gasteiger partial charge in [0.15, 0.2) is 0 Å². The molecule has 0 saturated carbocycles. The van der Waals surface area contributed by atoms with Gasteiger partial charge in [0.1, 0.15) is 5.75 Å². The zero-order valence-electron chi connectivity index (χ0n) is 16.6. The van der Waals surface area contributed by atoms with E-state index in [4.69, 9.17) is 25.8 Å². The van der Waals surface area contributed by atoms with Gasteiger partial charge in [0.05, 0.1) is 19.3 Å². The number of benzene rings is 1. The molecular formula is C19H29ClN2O5S. The van der Waals surface area contributed by atoms with E-state index in [-0.39, 0.29) is 18.8 Å². The van der Waals surface area contributed by atoms with Gasteiger partial charge in [0, 0.05) is 48.8 Å². The summed E-state index contributed by atoms with van der Waals surface area (Å²) in [7, 11) is -2.02. The number of ether oxygens (including phenoxy) is 3. The van der Waals surface area contributed by atoms with E-state index in [1.807, 2.05) is 26.0 Å². The molecule has 2 atom stereocenters. The van der Waals surface area contributed by atoms with Crippen LogP contribution in [0.15, 0.2) is 18.2 Å². The van der Waals surface area contributed by atoms with Crippen LogP contribution >= 0.6 is 11.6 Å². The van der Waals surface area contributed by atoms with E-state index in [1.165, 1.54) is 4.31 Å². The highest BCUT2D eigenvalue weighted by atomic mass is 35.5. The molecule has 1 N–H and O–H groups in total. The van der Waals surface area contributed by atoms with Crippen molar-refractivity contribution in [1.29, 1.82) is 0 Å². The number of nitrogens with zero attached hydrogens (tertiary/aromatic N) is 1. The van der Waals surface area contributed by atoms with E-state index >= 15 is 0 Å². The summed E-state index contributed by atoms with van der Waals surface area (Å²) in [6.07, 6.45) is 1.10.